The molecular weight excluding hydrogens is 226 g/mol. The minimum absolute atomic E-state index is 0.135. The molecule has 1 aliphatic carbocycles. The molecule has 0 aliphatic heterocycles. The van der Waals surface area contributed by atoms with Crippen LogP contribution in [-0.4, -0.2) is 23.6 Å². The van der Waals surface area contributed by atoms with Crippen LogP contribution in [0.4, 0.5) is 0 Å². The second kappa shape index (κ2) is 6.59. The van der Waals surface area contributed by atoms with E-state index in [9.17, 15) is 4.79 Å². The normalized spacial score (nSPS) is 16.7. The second-order valence-corrected chi connectivity index (χ2v) is 5.06. The molecule has 1 aromatic heterocycles. The topological polar surface area (TPSA) is 46.1 Å². The zero-order chi connectivity index (χ0) is 12.8. The summed E-state index contributed by atoms with van der Waals surface area (Å²) in [7, 11) is 1.92. The number of rotatable bonds is 5. The molecule has 100 valence electrons. The maximum atomic E-state index is 12.0. The van der Waals surface area contributed by atoms with Crippen LogP contribution < -0.4 is 10.6 Å². The smallest absolute Gasteiger partial charge is 0.240 e. The van der Waals surface area contributed by atoms with Gasteiger partial charge in [0.05, 0.1) is 0 Å². The molecule has 1 saturated carbocycles. The Hall–Kier alpha value is -1.29. The van der Waals surface area contributed by atoms with Gasteiger partial charge in [-0.1, -0.05) is 19.3 Å². The Bertz CT molecular complexity index is 380. The largest absolute Gasteiger partial charge is 0.352 e. The first-order valence-corrected chi connectivity index (χ1v) is 6.87. The van der Waals surface area contributed by atoms with E-state index in [1.807, 2.05) is 29.9 Å². The number of nitrogens with zero attached hydrogens (tertiary/aromatic N) is 1. The summed E-state index contributed by atoms with van der Waals surface area (Å²) in [6.45, 7) is 1.23. The lowest BCUT2D eigenvalue weighted by molar-refractivity contribution is -0.122. The van der Waals surface area contributed by atoms with Gasteiger partial charge in [-0.15, -0.1) is 0 Å². The number of hydrogen-bond acceptors (Lipinski definition) is 2. The highest BCUT2D eigenvalue weighted by atomic mass is 16.2. The Morgan fingerprint density at radius 2 is 2.17 bits per heavy atom. The van der Waals surface area contributed by atoms with E-state index in [4.69, 9.17) is 0 Å². The molecule has 1 heterocycles. The van der Waals surface area contributed by atoms with E-state index < -0.39 is 0 Å². The maximum Gasteiger partial charge on any atom is 0.240 e. The summed E-state index contributed by atoms with van der Waals surface area (Å²) in [5.74, 6) is 0.135. The van der Waals surface area contributed by atoms with E-state index >= 15 is 0 Å². The number of aromatic nitrogens is 1. The fourth-order valence-corrected chi connectivity index (χ4v) is 2.62. The van der Waals surface area contributed by atoms with Crippen LogP contribution in [0.5, 0.6) is 0 Å². The average molecular weight is 249 g/mol. The molecule has 0 radical (unpaired) electrons. The van der Waals surface area contributed by atoms with E-state index in [1.54, 1.807) is 0 Å². The van der Waals surface area contributed by atoms with Crippen LogP contribution >= 0.6 is 0 Å². The van der Waals surface area contributed by atoms with E-state index in [2.05, 4.69) is 10.6 Å². The van der Waals surface area contributed by atoms with Crippen molar-refractivity contribution in [2.24, 2.45) is 0 Å². The van der Waals surface area contributed by atoms with Gasteiger partial charge in [0.2, 0.25) is 5.91 Å². The first-order valence-electron chi connectivity index (χ1n) is 6.87. The molecule has 0 saturated heterocycles. The first-order chi connectivity index (χ1) is 8.79. The SMILES string of the molecule is CNCc1cccn1CC(=O)NC1CCCCC1. The van der Waals surface area contributed by atoms with E-state index in [0.29, 0.717) is 12.6 Å². The lowest BCUT2D eigenvalue weighted by atomic mass is 9.95. The van der Waals surface area contributed by atoms with E-state index in [0.717, 1.165) is 25.1 Å². The van der Waals surface area contributed by atoms with Gasteiger partial charge >= 0.3 is 0 Å². The molecule has 2 rings (SSSR count). The summed E-state index contributed by atoms with van der Waals surface area (Å²) in [5.41, 5.74) is 1.15. The van der Waals surface area contributed by atoms with Crippen molar-refractivity contribution in [1.82, 2.24) is 15.2 Å². The molecule has 1 fully saturated rings. The molecule has 0 aromatic carbocycles. The Morgan fingerprint density at radius 3 is 2.89 bits per heavy atom. The van der Waals surface area contributed by atoms with Crippen molar-refractivity contribution in [3.63, 3.8) is 0 Å². The molecule has 0 bridgehead atoms. The first kappa shape index (κ1) is 13.1. The number of nitrogens with one attached hydrogen (secondary N) is 2. The zero-order valence-corrected chi connectivity index (χ0v) is 11.1. The molecule has 0 atom stereocenters. The van der Waals surface area contributed by atoms with Gasteiger partial charge in [-0.25, -0.2) is 0 Å². The molecule has 0 spiro atoms. The fourth-order valence-electron chi connectivity index (χ4n) is 2.62. The monoisotopic (exact) mass is 249 g/mol. The van der Waals surface area contributed by atoms with Gasteiger partial charge in [-0.05, 0) is 32.0 Å². The van der Waals surface area contributed by atoms with Crippen molar-refractivity contribution in [2.75, 3.05) is 7.05 Å². The number of carbonyl (C=O) groups excluding carboxylic acids is 1. The predicted octanol–water partition coefficient (Wildman–Crippen LogP) is 1.66. The second-order valence-electron chi connectivity index (χ2n) is 5.06. The molecule has 1 amide bonds. The number of hydrogen-bond donors (Lipinski definition) is 2. The Balaban J connectivity index is 1.84. The highest BCUT2D eigenvalue weighted by Gasteiger charge is 2.16. The van der Waals surface area contributed by atoms with Crippen molar-refractivity contribution < 1.29 is 4.79 Å². The maximum absolute atomic E-state index is 12.0. The molecule has 4 heteroatoms. The van der Waals surface area contributed by atoms with Crippen molar-refractivity contribution in [3.8, 4) is 0 Å². The highest BCUT2D eigenvalue weighted by Crippen LogP contribution is 2.17. The lowest BCUT2D eigenvalue weighted by Gasteiger charge is -2.23. The Labute approximate surface area is 109 Å². The average Bonchev–Trinajstić information content (AvgIpc) is 2.78. The van der Waals surface area contributed by atoms with Gasteiger partial charge in [0, 0.05) is 24.5 Å². The summed E-state index contributed by atoms with van der Waals surface area (Å²) in [4.78, 5) is 12.0. The van der Waals surface area contributed by atoms with Crippen molar-refractivity contribution in [2.45, 2.75) is 51.2 Å². The summed E-state index contributed by atoms with van der Waals surface area (Å²) in [6.07, 6.45) is 8.06. The number of carbonyl (C=O) groups is 1. The molecule has 1 aliphatic rings. The third kappa shape index (κ3) is 3.60. The molecule has 0 unspecified atom stereocenters. The van der Waals surface area contributed by atoms with Gasteiger partial charge in [-0.2, -0.15) is 0 Å². The third-order valence-electron chi connectivity index (χ3n) is 3.57. The van der Waals surface area contributed by atoms with Crippen molar-refractivity contribution >= 4 is 5.91 Å². The third-order valence-corrected chi connectivity index (χ3v) is 3.57. The van der Waals surface area contributed by atoms with Crippen molar-refractivity contribution in [3.05, 3.63) is 24.0 Å². The Morgan fingerprint density at radius 1 is 1.39 bits per heavy atom. The molecule has 18 heavy (non-hydrogen) atoms. The fraction of sp³-hybridized carbons (Fsp3) is 0.643. The summed E-state index contributed by atoms with van der Waals surface area (Å²) in [5, 5.41) is 6.26. The predicted molar refractivity (Wildman–Crippen MR) is 72.2 cm³/mol. The summed E-state index contributed by atoms with van der Waals surface area (Å²) in [6, 6.07) is 4.43. The van der Waals surface area contributed by atoms with Gasteiger partial charge in [0.25, 0.3) is 0 Å². The quantitative estimate of drug-likeness (QED) is 0.833. The van der Waals surface area contributed by atoms with Gasteiger partial charge in [-0.3, -0.25) is 4.79 Å². The molecule has 4 nitrogen and oxygen atoms in total. The van der Waals surface area contributed by atoms with Crippen LogP contribution in [0.15, 0.2) is 18.3 Å². The van der Waals surface area contributed by atoms with Crippen LogP contribution in [0.3, 0.4) is 0 Å². The van der Waals surface area contributed by atoms with Crippen LogP contribution in [0.1, 0.15) is 37.8 Å². The van der Waals surface area contributed by atoms with Crippen LogP contribution in [0.2, 0.25) is 0 Å². The van der Waals surface area contributed by atoms with Gasteiger partial charge in [0.1, 0.15) is 6.54 Å². The number of amides is 1. The minimum Gasteiger partial charge on any atom is -0.352 e. The summed E-state index contributed by atoms with van der Waals surface area (Å²) >= 11 is 0. The van der Waals surface area contributed by atoms with Crippen LogP contribution in [-0.2, 0) is 17.9 Å². The minimum atomic E-state index is 0.135. The highest BCUT2D eigenvalue weighted by molar-refractivity contribution is 5.76. The molecule has 2 N–H and O–H groups in total. The van der Waals surface area contributed by atoms with E-state index in [-0.39, 0.29) is 5.91 Å². The molecule has 1 aromatic rings. The van der Waals surface area contributed by atoms with Gasteiger partial charge in [0.15, 0.2) is 0 Å². The standard InChI is InChI=1S/C14H23N3O/c1-15-10-13-8-5-9-17(13)11-14(18)16-12-6-3-2-4-7-12/h5,8-9,12,15H,2-4,6-7,10-11H2,1H3,(H,16,18). The zero-order valence-electron chi connectivity index (χ0n) is 11.1. The Kier molecular flexibility index (Phi) is 4.81. The van der Waals surface area contributed by atoms with Crippen molar-refractivity contribution in [1.29, 1.82) is 0 Å². The van der Waals surface area contributed by atoms with E-state index in [1.165, 1.54) is 19.3 Å². The van der Waals surface area contributed by atoms with Crippen LogP contribution in [0, 0.1) is 0 Å². The summed E-state index contributed by atoms with van der Waals surface area (Å²) < 4.78 is 2.01. The van der Waals surface area contributed by atoms with Gasteiger partial charge < -0.3 is 15.2 Å². The lowest BCUT2D eigenvalue weighted by Crippen LogP contribution is -2.38. The van der Waals surface area contributed by atoms with Crippen LogP contribution in [0.25, 0.3) is 0 Å². The molecular formula is C14H23N3O.